The average molecular weight is 488 g/mol. The van der Waals surface area contributed by atoms with E-state index in [2.05, 4.69) is 34.3 Å². The van der Waals surface area contributed by atoms with E-state index < -0.39 is 5.97 Å². The number of carboxylic acid groups (broad SMARTS) is 1. The molecule has 1 aliphatic carbocycles. The molecule has 1 heterocycles. The Bertz CT molecular complexity index is 1220. The minimum Gasteiger partial charge on any atom is -0.494 e. The zero-order valence-electron chi connectivity index (χ0n) is 20.9. The maximum absolute atomic E-state index is 12.5. The smallest absolute Gasteiger partial charge is 0.303 e. The number of nitrogens with zero attached hydrogens (tertiary/aromatic N) is 2. The number of benzene rings is 2. The molecule has 3 aromatic rings. The monoisotopic (exact) mass is 487 g/mol. The van der Waals surface area contributed by atoms with E-state index in [-0.39, 0.29) is 24.7 Å². The van der Waals surface area contributed by atoms with Gasteiger partial charge in [-0.25, -0.2) is 9.97 Å². The molecule has 1 aliphatic rings. The number of rotatable bonds is 11. The molecule has 0 saturated heterocycles. The van der Waals surface area contributed by atoms with Crippen LogP contribution in [0.1, 0.15) is 60.1 Å². The number of carboxylic acids is 1. The predicted octanol–water partition coefficient (Wildman–Crippen LogP) is 4.65. The summed E-state index contributed by atoms with van der Waals surface area (Å²) in [5, 5.41) is 12.0. The lowest BCUT2D eigenvalue weighted by molar-refractivity contribution is -0.137. The Morgan fingerprint density at radius 3 is 2.72 bits per heavy atom. The fourth-order valence-corrected chi connectivity index (χ4v) is 4.58. The van der Waals surface area contributed by atoms with Crippen LogP contribution in [0.4, 0.5) is 0 Å². The largest absolute Gasteiger partial charge is 0.494 e. The minimum atomic E-state index is -0.757. The van der Waals surface area contributed by atoms with Gasteiger partial charge in [0.1, 0.15) is 5.75 Å². The Balaban J connectivity index is 1.22. The summed E-state index contributed by atoms with van der Waals surface area (Å²) in [7, 11) is 0. The molecule has 7 heteroatoms. The molecule has 0 unspecified atom stereocenters. The lowest BCUT2D eigenvalue weighted by Crippen LogP contribution is -2.27. The minimum absolute atomic E-state index is 0.0777. The van der Waals surface area contributed by atoms with Gasteiger partial charge in [0.25, 0.3) is 0 Å². The molecule has 7 nitrogen and oxygen atoms in total. The first kappa shape index (κ1) is 25.4. The van der Waals surface area contributed by atoms with E-state index in [0.29, 0.717) is 25.4 Å². The van der Waals surface area contributed by atoms with Gasteiger partial charge in [-0.2, -0.15) is 0 Å². The van der Waals surface area contributed by atoms with Crippen LogP contribution in [0, 0.1) is 6.92 Å². The average Bonchev–Trinajstić information content (AvgIpc) is 3.26. The topological polar surface area (TPSA) is 101 Å². The van der Waals surface area contributed by atoms with Gasteiger partial charge in [-0.05, 0) is 72.9 Å². The second-order valence-corrected chi connectivity index (χ2v) is 9.30. The molecule has 1 aromatic heterocycles. The van der Waals surface area contributed by atoms with Crippen LogP contribution >= 0.6 is 0 Å². The third-order valence-corrected chi connectivity index (χ3v) is 6.67. The SMILES string of the molecule is CCc1ccc(-c2ncc(C)c(CC(=O)NCCCOc3ccc4c(c3)CC[C@H]4CC(=O)O)n2)cc1. The lowest BCUT2D eigenvalue weighted by Gasteiger charge is -2.11. The number of aliphatic carboxylic acids is 1. The Labute approximate surface area is 212 Å². The quantitative estimate of drug-likeness (QED) is 0.382. The number of hydrogen-bond acceptors (Lipinski definition) is 5. The van der Waals surface area contributed by atoms with Gasteiger partial charge in [0.05, 0.1) is 25.1 Å². The van der Waals surface area contributed by atoms with E-state index in [1.807, 2.05) is 37.3 Å². The van der Waals surface area contributed by atoms with Crippen molar-refractivity contribution < 1.29 is 19.4 Å². The highest BCUT2D eigenvalue weighted by molar-refractivity contribution is 5.78. The number of fused-ring (bicyclic) bond motifs is 1. The second-order valence-electron chi connectivity index (χ2n) is 9.30. The standard InChI is InChI=1S/C29H33N3O4/c1-3-20-5-7-21(8-6-20)29-31-18-19(2)26(32-29)17-27(33)30-13-4-14-36-24-11-12-25-22(15-24)9-10-23(25)16-28(34)35/h5-8,11-12,15,18,23H,3-4,9-10,13-14,16-17H2,1-2H3,(H,30,33)(H,34,35)/t23-/m0/s1. The first-order valence-electron chi connectivity index (χ1n) is 12.6. The molecule has 0 saturated carbocycles. The number of carbonyl (C=O) groups is 2. The summed E-state index contributed by atoms with van der Waals surface area (Å²) >= 11 is 0. The Morgan fingerprint density at radius 2 is 1.97 bits per heavy atom. The molecular formula is C29H33N3O4. The number of aryl methyl sites for hydroxylation is 3. The Hall–Kier alpha value is -3.74. The fourth-order valence-electron chi connectivity index (χ4n) is 4.58. The van der Waals surface area contributed by atoms with Gasteiger partial charge >= 0.3 is 5.97 Å². The third-order valence-electron chi connectivity index (χ3n) is 6.67. The molecule has 0 radical (unpaired) electrons. The van der Waals surface area contributed by atoms with Gasteiger partial charge in [0.2, 0.25) is 5.91 Å². The fraction of sp³-hybridized carbons (Fsp3) is 0.379. The number of nitrogens with one attached hydrogen (secondary N) is 1. The molecular weight excluding hydrogens is 454 g/mol. The maximum atomic E-state index is 12.5. The van der Waals surface area contributed by atoms with Crippen LogP contribution in [-0.4, -0.2) is 40.1 Å². The number of hydrogen-bond donors (Lipinski definition) is 2. The van der Waals surface area contributed by atoms with Crippen molar-refractivity contribution in [1.29, 1.82) is 0 Å². The number of carbonyl (C=O) groups excluding carboxylic acids is 1. The van der Waals surface area contributed by atoms with Crippen LogP contribution in [0.2, 0.25) is 0 Å². The summed E-state index contributed by atoms with van der Waals surface area (Å²) in [5.41, 5.74) is 6.12. The van der Waals surface area contributed by atoms with Crippen molar-refractivity contribution in [2.45, 2.75) is 58.3 Å². The summed E-state index contributed by atoms with van der Waals surface area (Å²) in [5.74, 6) is 0.673. The molecule has 2 N–H and O–H groups in total. The third kappa shape index (κ3) is 6.47. The van der Waals surface area contributed by atoms with Crippen LogP contribution in [0.15, 0.2) is 48.7 Å². The van der Waals surface area contributed by atoms with E-state index in [1.165, 1.54) is 11.1 Å². The first-order chi connectivity index (χ1) is 17.4. The van der Waals surface area contributed by atoms with Crippen molar-refractivity contribution in [3.63, 3.8) is 0 Å². The number of amides is 1. The number of aromatic nitrogens is 2. The van der Waals surface area contributed by atoms with Gasteiger partial charge in [-0.1, -0.05) is 37.3 Å². The zero-order valence-corrected chi connectivity index (χ0v) is 20.9. The molecule has 0 aliphatic heterocycles. The van der Waals surface area contributed by atoms with Gasteiger partial charge in [-0.15, -0.1) is 0 Å². The van der Waals surface area contributed by atoms with E-state index in [1.54, 1.807) is 6.20 Å². The van der Waals surface area contributed by atoms with Crippen molar-refractivity contribution in [2.24, 2.45) is 0 Å². The summed E-state index contributed by atoms with van der Waals surface area (Å²) in [6.45, 7) is 5.04. The van der Waals surface area contributed by atoms with Crippen LogP contribution in [-0.2, 0) is 28.9 Å². The number of ether oxygens (including phenoxy) is 1. The molecule has 188 valence electrons. The van der Waals surface area contributed by atoms with Crippen molar-refractivity contribution in [2.75, 3.05) is 13.2 Å². The molecule has 4 rings (SSSR count). The van der Waals surface area contributed by atoms with E-state index >= 15 is 0 Å². The van der Waals surface area contributed by atoms with E-state index in [9.17, 15) is 9.59 Å². The van der Waals surface area contributed by atoms with Gasteiger partial charge in [-0.3, -0.25) is 9.59 Å². The maximum Gasteiger partial charge on any atom is 0.303 e. The molecule has 1 atom stereocenters. The molecule has 2 aromatic carbocycles. The highest BCUT2D eigenvalue weighted by Gasteiger charge is 2.24. The second kappa shape index (κ2) is 11.8. The van der Waals surface area contributed by atoms with Crippen LogP contribution in [0.5, 0.6) is 5.75 Å². The van der Waals surface area contributed by atoms with Crippen molar-refractivity contribution in [1.82, 2.24) is 15.3 Å². The molecule has 0 bridgehead atoms. The predicted molar refractivity (Wildman–Crippen MR) is 138 cm³/mol. The normalized spacial score (nSPS) is 14.3. The first-order valence-corrected chi connectivity index (χ1v) is 12.6. The molecule has 0 spiro atoms. The van der Waals surface area contributed by atoms with Crippen LogP contribution in [0.25, 0.3) is 11.4 Å². The van der Waals surface area contributed by atoms with Crippen molar-refractivity contribution in [3.05, 3.63) is 76.6 Å². The van der Waals surface area contributed by atoms with Crippen LogP contribution < -0.4 is 10.1 Å². The Kier molecular flexibility index (Phi) is 8.31. The van der Waals surface area contributed by atoms with Crippen molar-refractivity contribution >= 4 is 11.9 Å². The van der Waals surface area contributed by atoms with Crippen molar-refractivity contribution in [3.8, 4) is 17.1 Å². The zero-order chi connectivity index (χ0) is 25.5. The highest BCUT2D eigenvalue weighted by atomic mass is 16.5. The summed E-state index contributed by atoms with van der Waals surface area (Å²) in [4.78, 5) is 32.6. The molecule has 0 fully saturated rings. The van der Waals surface area contributed by atoms with E-state index in [0.717, 1.165) is 47.4 Å². The summed E-state index contributed by atoms with van der Waals surface area (Å²) in [6, 6.07) is 14.1. The van der Waals surface area contributed by atoms with Gasteiger partial charge < -0.3 is 15.2 Å². The van der Waals surface area contributed by atoms with Gasteiger partial charge in [0, 0.05) is 18.3 Å². The lowest BCUT2D eigenvalue weighted by atomic mass is 9.98. The molecule has 36 heavy (non-hydrogen) atoms. The van der Waals surface area contributed by atoms with E-state index in [4.69, 9.17) is 9.84 Å². The summed E-state index contributed by atoms with van der Waals surface area (Å²) < 4.78 is 5.86. The molecule has 1 amide bonds. The van der Waals surface area contributed by atoms with Gasteiger partial charge in [0.15, 0.2) is 5.82 Å². The summed E-state index contributed by atoms with van der Waals surface area (Å²) in [6.07, 6.45) is 5.57. The Morgan fingerprint density at radius 1 is 1.17 bits per heavy atom. The van der Waals surface area contributed by atoms with Crippen LogP contribution in [0.3, 0.4) is 0 Å². The highest BCUT2D eigenvalue weighted by Crippen LogP contribution is 2.37.